The second kappa shape index (κ2) is 9.42. The quantitative estimate of drug-likeness (QED) is 0.644. The molecule has 0 spiro atoms. The number of carbonyl (C=O) groups is 1. The monoisotopic (exact) mass is 244 g/mol. The van der Waals surface area contributed by atoms with E-state index in [2.05, 4.69) is 20.8 Å². The second-order valence-corrected chi connectivity index (χ2v) is 4.45. The van der Waals surface area contributed by atoms with Crippen molar-refractivity contribution < 1.29 is 9.90 Å². The van der Waals surface area contributed by atoms with E-state index in [1.165, 1.54) is 0 Å². The van der Waals surface area contributed by atoms with Crippen LogP contribution in [0.5, 0.6) is 0 Å². The van der Waals surface area contributed by atoms with Crippen molar-refractivity contribution in [2.45, 2.75) is 52.5 Å². The van der Waals surface area contributed by atoms with Crippen LogP contribution in [-0.4, -0.2) is 41.7 Å². The third-order valence-electron chi connectivity index (χ3n) is 3.28. The molecule has 4 heteroatoms. The molecule has 102 valence electrons. The maximum Gasteiger partial charge on any atom is 0.227 e. The van der Waals surface area contributed by atoms with Gasteiger partial charge >= 0.3 is 0 Å². The summed E-state index contributed by atoms with van der Waals surface area (Å²) >= 11 is 0. The van der Waals surface area contributed by atoms with Crippen LogP contribution in [0.1, 0.15) is 46.5 Å². The van der Waals surface area contributed by atoms with Gasteiger partial charge in [-0.25, -0.2) is 0 Å². The van der Waals surface area contributed by atoms with Gasteiger partial charge in [-0.15, -0.1) is 0 Å². The number of hydrogen-bond donors (Lipinski definition) is 2. The van der Waals surface area contributed by atoms with Crippen molar-refractivity contribution >= 4 is 5.91 Å². The van der Waals surface area contributed by atoms with Gasteiger partial charge < -0.3 is 15.7 Å². The number of amides is 1. The van der Waals surface area contributed by atoms with Crippen LogP contribution in [0.4, 0.5) is 0 Å². The number of hydrogen-bond acceptors (Lipinski definition) is 3. The maximum atomic E-state index is 12.3. The molecule has 1 amide bonds. The van der Waals surface area contributed by atoms with Crippen LogP contribution in [0.15, 0.2) is 0 Å². The molecule has 1 atom stereocenters. The minimum absolute atomic E-state index is 0.0195. The van der Waals surface area contributed by atoms with Crippen LogP contribution in [0.3, 0.4) is 0 Å². The van der Waals surface area contributed by atoms with Gasteiger partial charge in [0.2, 0.25) is 5.91 Å². The topological polar surface area (TPSA) is 66.6 Å². The van der Waals surface area contributed by atoms with Crippen molar-refractivity contribution in [3.8, 4) is 0 Å². The molecule has 0 bridgehead atoms. The molecule has 0 rings (SSSR count). The van der Waals surface area contributed by atoms with Crippen molar-refractivity contribution in [2.24, 2.45) is 11.7 Å². The lowest BCUT2D eigenvalue weighted by atomic mass is 10.00. The molecule has 4 nitrogen and oxygen atoms in total. The molecule has 0 aliphatic rings. The molecule has 0 saturated carbocycles. The van der Waals surface area contributed by atoms with Crippen molar-refractivity contribution in [1.82, 2.24) is 4.90 Å². The summed E-state index contributed by atoms with van der Waals surface area (Å²) in [6.45, 7) is 7.04. The Morgan fingerprint density at radius 1 is 1.29 bits per heavy atom. The zero-order valence-electron chi connectivity index (χ0n) is 11.5. The Hall–Kier alpha value is -0.610. The maximum absolute atomic E-state index is 12.3. The van der Waals surface area contributed by atoms with Crippen LogP contribution in [0, 0.1) is 5.92 Å². The van der Waals surface area contributed by atoms with Crippen LogP contribution < -0.4 is 5.73 Å². The largest absolute Gasteiger partial charge is 0.395 e. The minimum atomic E-state index is -0.0906. The Kier molecular flexibility index (Phi) is 9.09. The number of nitrogens with two attached hydrogens (primary N) is 1. The molecular weight excluding hydrogens is 216 g/mol. The SMILES string of the molecule is CCCC(CN)C(=O)N(CCO)C(CC)CC. The zero-order valence-corrected chi connectivity index (χ0v) is 11.5. The predicted molar refractivity (Wildman–Crippen MR) is 70.6 cm³/mol. The Balaban J connectivity index is 4.71. The molecule has 0 fully saturated rings. The van der Waals surface area contributed by atoms with Crippen molar-refractivity contribution in [3.63, 3.8) is 0 Å². The van der Waals surface area contributed by atoms with Crippen molar-refractivity contribution in [3.05, 3.63) is 0 Å². The van der Waals surface area contributed by atoms with E-state index < -0.39 is 0 Å². The molecule has 3 N–H and O–H groups in total. The van der Waals surface area contributed by atoms with Gasteiger partial charge in [-0.2, -0.15) is 0 Å². The number of aliphatic hydroxyl groups excluding tert-OH is 1. The van der Waals surface area contributed by atoms with Crippen molar-refractivity contribution in [2.75, 3.05) is 19.7 Å². The Labute approximate surface area is 105 Å². The van der Waals surface area contributed by atoms with Crippen LogP contribution >= 0.6 is 0 Å². The highest BCUT2D eigenvalue weighted by molar-refractivity contribution is 5.79. The van der Waals surface area contributed by atoms with Crippen molar-refractivity contribution in [1.29, 1.82) is 0 Å². The first-order valence-corrected chi connectivity index (χ1v) is 6.77. The summed E-state index contributed by atoms with van der Waals surface area (Å²) in [6.07, 6.45) is 3.64. The second-order valence-electron chi connectivity index (χ2n) is 4.45. The number of rotatable bonds is 9. The number of nitrogens with zero attached hydrogens (tertiary/aromatic N) is 1. The van der Waals surface area contributed by atoms with E-state index in [-0.39, 0.29) is 24.5 Å². The minimum Gasteiger partial charge on any atom is -0.395 e. The van der Waals surface area contributed by atoms with Gasteiger partial charge in [0.25, 0.3) is 0 Å². The molecule has 0 aliphatic heterocycles. The van der Waals surface area contributed by atoms with Gasteiger partial charge in [0, 0.05) is 19.1 Å². The van der Waals surface area contributed by atoms with E-state index in [9.17, 15) is 4.79 Å². The summed E-state index contributed by atoms with van der Waals surface area (Å²) in [4.78, 5) is 14.2. The Bertz CT molecular complexity index is 206. The first-order chi connectivity index (χ1) is 8.15. The lowest BCUT2D eigenvalue weighted by Crippen LogP contribution is -2.46. The van der Waals surface area contributed by atoms with Gasteiger partial charge in [0.05, 0.1) is 12.5 Å². The smallest absolute Gasteiger partial charge is 0.227 e. The summed E-state index contributed by atoms with van der Waals surface area (Å²) in [6, 6.07) is 0.223. The summed E-state index contributed by atoms with van der Waals surface area (Å²) in [5, 5.41) is 9.08. The molecule has 0 aromatic heterocycles. The molecular formula is C13H28N2O2. The molecule has 0 saturated heterocycles. The fourth-order valence-corrected chi connectivity index (χ4v) is 2.24. The average molecular weight is 244 g/mol. The first kappa shape index (κ1) is 16.4. The Morgan fingerprint density at radius 2 is 1.88 bits per heavy atom. The molecule has 0 aliphatic carbocycles. The van der Waals surface area contributed by atoms with E-state index in [4.69, 9.17) is 10.8 Å². The molecule has 1 unspecified atom stereocenters. The van der Waals surface area contributed by atoms with Crippen LogP contribution in [0.2, 0.25) is 0 Å². The molecule has 0 aromatic rings. The average Bonchev–Trinajstić information content (AvgIpc) is 2.35. The van der Waals surface area contributed by atoms with Crippen LogP contribution in [-0.2, 0) is 4.79 Å². The van der Waals surface area contributed by atoms with Gasteiger partial charge in [-0.1, -0.05) is 27.2 Å². The zero-order chi connectivity index (χ0) is 13.3. The standard InChI is InChI=1S/C13H28N2O2/c1-4-7-11(10-14)13(17)15(8-9-16)12(5-2)6-3/h11-12,16H,4-10,14H2,1-3H3. The highest BCUT2D eigenvalue weighted by Gasteiger charge is 2.26. The van der Waals surface area contributed by atoms with Gasteiger partial charge in [0.1, 0.15) is 0 Å². The third-order valence-corrected chi connectivity index (χ3v) is 3.28. The lowest BCUT2D eigenvalue weighted by Gasteiger charge is -2.33. The van der Waals surface area contributed by atoms with Crippen LogP contribution in [0.25, 0.3) is 0 Å². The fraction of sp³-hybridized carbons (Fsp3) is 0.923. The lowest BCUT2D eigenvalue weighted by molar-refractivity contribution is -0.138. The summed E-state index contributed by atoms with van der Waals surface area (Å²) < 4.78 is 0. The fourth-order valence-electron chi connectivity index (χ4n) is 2.24. The third kappa shape index (κ3) is 5.04. The van der Waals surface area contributed by atoms with Gasteiger partial charge in [-0.3, -0.25) is 4.79 Å². The Morgan fingerprint density at radius 3 is 2.24 bits per heavy atom. The highest BCUT2D eigenvalue weighted by atomic mass is 16.3. The summed E-state index contributed by atoms with van der Waals surface area (Å²) in [7, 11) is 0. The normalized spacial score (nSPS) is 12.8. The van der Waals surface area contributed by atoms with E-state index in [0.717, 1.165) is 25.7 Å². The molecule has 0 radical (unpaired) electrons. The number of aliphatic hydroxyl groups is 1. The van der Waals surface area contributed by atoms with E-state index in [1.54, 1.807) is 0 Å². The highest BCUT2D eigenvalue weighted by Crippen LogP contribution is 2.15. The predicted octanol–water partition coefficient (Wildman–Crippen LogP) is 1.37. The summed E-state index contributed by atoms with van der Waals surface area (Å²) in [5.74, 6) is 0.0178. The van der Waals surface area contributed by atoms with E-state index >= 15 is 0 Å². The summed E-state index contributed by atoms with van der Waals surface area (Å²) in [5.41, 5.74) is 5.67. The van der Waals surface area contributed by atoms with Gasteiger partial charge in [0.15, 0.2) is 0 Å². The number of carbonyl (C=O) groups excluding carboxylic acids is 1. The first-order valence-electron chi connectivity index (χ1n) is 6.77. The molecule has 0 aromatic carbocycles. The van der Waals surface area contributed by atoms with E-state index in [0.29, 0.717) is 13.1 Å². The van der Waals surface area contributed by atoms with E-state index in [1.807, 2.05) is 4.90 Å². The van der Waals surface area contributed by atoms with Gasteiger partial charge in [-0.05, 0) is 19.3 Å². The molecule has 17 heavy (non-hydrogen) atoms. The molecule has 0 heterocycles.